The Balaban J connectivity index is 2.08. The van der Waals surface area contributed by atoms with Crippen LogP contribution in [-0.4, -0.2) is 59.4 Å². The smallest absolute Gasteiger partial charge is 0.387 e. The Hall–Kier alpha value is -1.18. The Morgan fingerprint density at radius 2 is 1.92 bits per heavy atom. The fourth-order valence-electron chi connectivity index (χ4n) is 2.04. The predicted molar refractivity (Wildman–Crippen MR) is 77.7 cm³/mol. The summed E-state index contributed by atoms with van der Waals surface area (Å²) >= 11 is 0. The van der Waals surface area contributed by atoms with Crippen molar-refractivity contribution in [3.8, 4) is 0 Å². The second-order valence-corrected chi connectivity index (χ2v) is 7.75. The van der Waals surface area contributed by atoms with Gasteiger partial charge in [0.15, 0.2) is 6.23 Å². The number of phosphoric ester groups is 1. The van der Waals surface area contributed by atoms with Crippen LogP contribution in [0.5, 0.6) is 0 Å². The van der Waals surface area contributed by atoms with Gasteiger partial charge in [0, 0.05) is 6.20 Å². The molecule has 142 valence electrons. The number of aliphatic hydroxyl groups excluding tert-OH is 2. The minimum atomic E-state index is -5.30. The molecule has 1 saturated heterocycles. The van der Waals surface area contributed by atoms with E-state index in [-0.39, 0.29) is 5.82 Å². The van der Waals surface area contributed by atoms with Crippen molar-refractivity contribution in [1.82, 2.24) is 9.55 Å². The maximum atomic E-state index is 11.7. The number of ether oxygens (including phenoxy) is 1. The van der Waals surface area contributed by atoms with E-state index in [1.807, 2.05) is 0 Å². The Labute approximate surface area is 139 Å². The minimum absolute atomic E-state index is 0.0787. The van der Waals surface area contributed by atoms with Crippen molar-refractivity contribution in [2.75, 3.05) is 12.3 Å². The second-order valence-electron chi connectivity index (χ2n) is 4.93. The SMILES string of the molecule is Nc1ccn([C@H]2O[C@@H](COP(=O)(O)OP(=O)(O)O)[C@H](O)[C@@H]2O)c(=O)n1. The monoisotopic (exact) mass is 403 g/mol. The Kier molecular flexibility index (Phi) is 5.81. The largest absolute Gasteiger partial charge is 0.481 e. The molecule has 0 radical (unpaired) electrons. The van der Waals surface area contributed by atoms with Crippen LogP contribution in [0.2, 0.25) is 0 Å². The molecule has 7 N–H and O–H groups in total. The van der Waals surface area contributed by atoms with Crippen LogP contribution < -0.4 is 11.4 Å². The summed E-state index contributed by atoms with van der Waals surface area (Å²) in [4.78, 5) is 41.3. The molecule has 0 spiro atoms. The van der Waals surface area contributed by atoms with Crippen LogP contribution in [0.25, 0.3) is 0 Å². The van der Waals surface area contributed by atoms with Gasteiger partial charge in [0.25, 0.3) is 0 Å². The summed E-state index contributed by atoms with van der Waals surface area (Å²) in [6.07, 6.45) is -4.93. The highest BCUT2D eigenvalue weighted by Crippen LogP contribution is 2.57. The number of aromatic nitrogens is 2. The van der Waals surface area contributed by atoms with Crippen molar-refractivity contribution in [1.29, 1.82) is 0 Å². The summed E-state index contributed by atoms with van der Waals surface area (Å²) in [6.45, 7) is -0.875. The first kappa shape index (κ1) is 20.1. The number of hydrogen-bond acceptors (Lipinski definition) is 10. The molecule has 1 unspecified atom stereocenters. The number of nitrogens with zero attached hydrogens (tertiary/aromatic N) is 2. The number of hydrogen-bond donors (Lipinski definition) is 6. The van der Waals surface area contributed by atoms with E-state index in [0.717, 1.165) is 10.8 Å². The van der Waals surface area contributed by atoms with Crippen LogP contribution in [0.1, 0.15) is 6.23 Å². The number of phosphoric acid groups is 2. The molecule has 2 heterocycles. The minimum Gasteiger partial charge on any atom is -0.387 e. The van der Waals surface area contributed by atoms with Gasteiger partial charge in [-0.15, -0.1) is 0 Å². The van der Waals surface area contributed by atoms with Crippen LogP contribution in [0, 0.1) is 0 Å². The van der Waals surface area contributed by atoms with Crippen molar-refractivity contribution in [3.63, 3.8) is 0 Å². The zero-order chi connectivity index (χ0) is 19.0. The van der Waals surface area contributed by atoms with Crippen molar-refractivity contribution in [2.24, 2.45) is 0 Å². The van der Waals surface area contributed by atoms with Gasteiger partial charge in [-0.05, 0) is 6.07 Å². The van der Waals surface area contributed by atoms with Gasteiger partial charge >= 0.3 is 21.3 Å². The molecular weight excluding hydrogens is 388 g/mol. The summed E-state index contributed by atoms with van der Waals surface area (Å²) in [5, 5.41) is 19.8. The molecule has 16 heteroatoms. The number of nitrogen functional groups attached to an aromatic ring is 1. The molecule has 1 aromatic heterocycles. The Morgan fingerprint density at radius 1 is 1.28 bits per heavy atom. The van der Waals surface area contributed by atoms with Crippen LogP contribution >= 0.6 is 15.6 Å². The van der Waals surface area contributed by atoms with Gasteiger partial charge in [0.2, 0.25) is 0 Å². The summed E-state index contributed by atoms with van der Waals surface area (Å²) in [7, 11) is -10.5. The summed E-state index contributed by atoms with van der Waals surface area (Å²) in [5.41, 5.74) is 4.45. The highest BCUT2D eigenvalue weighted by Gasteiger charge is 2.45. The van der Waals surface area contributed by atoms with Crippen LogP contribution in [0.4, 0.5) is 5.82 Å². The third-order valence-corrected chi connectivity index (χ3v) is 5.23. The third-order valence-electron chi connectivity index (χ3n) is 3.07. The zero-order valence-corrected chi connectivity index (χ0v) is 14.0. The van der Waals surface area contributed by atoms with E-state index in [4.69, 9.17) is 25.2 Å². The quantitative estimate of drug-likeness (QED) is 0.274. The molecule has 0 saturated carbocycles. The molecule has 1 aliphatic heterocycles. The first-order valence-electron chi connectivity index (χ1n) is 6.50. The summed E-state index contributed by atoms with van der Waals surface area (Å²) in [6, 6.07) is 1.24. The number of anilines is 1. The Bertz CT molecular complexity index is 778. The molecule has 0 aliphatic carbocycles. The molecule has 0 bridgehead atoms. The molecule has 1 aliphatic rings. The fourth-order valence-corrected chi connectivity index (χ4v) is 3.64. The first-order valence-corrected chi connectivity index (χ1v) is 9.53. The second kappa shape index (κ2) is 7.21. The van der Waals surface area contributed by atoms with Gasteiger partial charge in [0.1, 0.15) is 24.1 Å². The molecule has 0 aromatic carbocycles. The first-order chi connectivity index (χ1) is 11.4. The standard InChI is InChI=1S/C9H15N3O11P2/c10-5-1-2-12(9(15)11-5)8-7(14)6(13)4(22-8)3-21-25(19,20)23-24(16,17)18/h1-2,4,6-8,13-14H,3H2,(H,19,20)(H2,10,11,15)(H2,16,17,18)/t4-,6-,7-,8-/m0/s1. The van der Waals surface area contributed by atoms with Crippen molar-refractivity contribution in [2.45, 2.75) is 24.5 Å². The summed E-state index contributed by atoms with van der Waals surface area (Å²) in [5.74, 6) is -0.0787. The van der Waals surface area contributed by atoms with Crippen molar-refractivity contribution < 1.29 is 47.6 Å². The van der Waals surface area contributed by atoms with Crippen LogP contribution in [0.15, 0.2) is 17.1 Å². The van der Waals surface area contributed by atoms with E-state index in [1.54, 1.807) is 0 Å². The van der Waals surface area contributed by atoms with E-state index in [0.29, 0.717) is 0 Å². The van der Waals surface area contributed by atoms with Crippen LogP contribution in [-0.2, 0) is 22.7 Å². The van der Waals surface area contributed by atoms with E-state index in [2.05, 4.69) is 13.8 Å². The number of nitrogens with two attached hydrogens (primary N) is 1. The average molecular weight is 403 g/mol. The van der Waals surface area contributed by atoms with Gasteiger partial charge < -0.3 is 35.4 Å². The molecule has 5 atom stereocenters. The normalized spacial score (nSPS) is 29.5. The lowest BCUT2D eigenvalue weighted by molar-refractivity contribution is -0.0541. The highest BCUT2D eigenvalue weighted by molar-refractivity contribution is 7.60. The highest BCUT2D eigenvalue weighted by atomic mass is 31.3. The topological polar surface area (TPSA) is 224 Å². The maximum absolute atomic E-state index is 11.7. The number of aliphatic hydroxyl groups is 2. The van der Waals surface area contributed by atoms with Crippen molar-refractivity contribution in [3.05, 3.63) is 22.7 Å². The molecule has 1 fully saturated rings. The Morgan fingerprint density at radius 3 is 2.48 bits per heavy atom. The lowest BCUT2D eigenvalue weighted by atomic mass is 10.1. The van der Waals surface area contributed by atoms with Gasteiger partial charge in [-0.2, -0.15) is 9.29 Å². The van der Waals surface area contributed by atoms with E-state index in [1.165, 1.54) is 6.07 Å². The van der Waals surface area contributed by atoms with Gasteiger partial charge in [-0.25, -0.2) is 13.9 Å². The average Bonchev–Trinajstić information content (AvgIpc) is 2.71. The van der Waals surface area contributed by atoms with E-state index >= 15 is 0 Å². The lowest BCUT2D eigenvalue weighted by Gasteiger charge is -2.17. The van der Waals surface area contributed by atoms with Gasteiger partial charge in [0.05, 0.1) is 6.61 Å². The predicted octanol–water partition coefficient (Wildman–Crippen LogP) is -2.33. The third kappa shape index (κ3) is 5.15. The van der Waals surface area contributed by atoms with Crippen molar-refractivity contribution >= 4 is 21.5 Å². The lowest BCUT2D eigenvalue weighted by Crippen LogP contribution is -2.36. The van der Waals surface area contributed by atoms with E-state index < -0.39 is 52.5 Å². The van der Waals surface area contributed by atoms with Gasteiger partial charge in [-0.1, -0.05) is 0 Å². The molecule has 1 aromatic rings. The molecule has 25 heavy (non-hydrogen) atoms. The molecule has 0 amide bonds. The van der Waals surface area contributed by atoms with Gasteiger partial charge in [-0.3, -0.25) is 9.09 Å². The maximum Gasteiger partial charge on any atom is 0.481 e. The number of rotatable bonds is 6. The fraction of sp³-hybridized carbons (Fsp3) is 0.556. The molecular formula is C9H15N3O11P2. The molecule has 14 nitrogen and oxygen atoms in total. The molecule has 2 rings (SSSR count). The van der Waals surface area contributed by atoms with Crippen LogP contribution in [0.3, 0.4) is 0 Å². The summed E-state index contributed by atoms with van der Waals surface area (Å²) < 4.78 is 35.8. The van der Waals surface area contributed by atoms with E-state index in [9.17, 15) is 24.1 Å². The zero-order valence-electron chi connectivity index (χ0n) is 12.2.